The summed E-state index contributed by atoms with van der Waals surface area (Å²) in [5.41, 5.74) is 6.86. The Morgan fingerprint density at radius 1 is 1.12 bits per heavy atom. The summed E-state index contributed by atoms with van der Waals surface area (Å²) in [5.74, 6) is 2.67. The van der Waals surface area contributed by atoms with Crippen molar-refractivity contribution in [1.29, 1.82) is 0 Å². The van der Waals surface area contributed by atoms with Crippen LogP contribution in [0.5, 0.6) is 0 Å². The molecule has 2 atom stereocenters. The van der Waals surface area contributed by atoms with Gasteiger partial charge in [-0.15, -0.1) is 0 Å². The van der Waals surface area contributed by atoms with Crippen molar-refractivity contribution in [3.63, 3.8) is 0 Å². The molecule has 2 unspecified atom stereocenters. The second-order valence-corrected chi connectivity index (χ2v) is 6.82. The lowest BCUT2D eigenvalue weighted by Gasteiger charge is -2.41. The van der Waals surface area contributed by atoms with Crippen molar-refractivity contribution in [3.05, 3.63) is 0 Å². The smallest absolute Gasteiger partial charge is 0.0159 e. The Labute approximate surface area is 101 Å². The van der Waals surface area contributed by atoms with Crippen LogP contribution in [0, 0.1) is 17.8 Å². The van der Waals surface area contributed by atoms with Gasteiger partial charge in [-0.1, -0.05) is 52.4 Å². The fourth-order valence-electron chi connectivity index (χ4n) is 3.99. The van der Waals surface area contributed by atoms with E-state index in [0.717, 1.165) is 17.8 Å². The number of hydrogen-bond donors (Lipinski definition) is 1. The van der Waals surface area contributed by atoms with E-state index in [0.29, 0.717) is 0 Å². The fraction of sp³-hybridized carbons (Fsp3) is 1.00. The highest BCUT2D eigenvalue weighted by Gasteiger charge is 2.36. The summed E-state index contributed by atoms with van der Waals surface area (Å²) in [6, 6.07) is 0. The minimum Gasteiger partial charge on any atom is -0.325 e. The van der Waals surface area contributed by atoms with Crippen molar-refractivity contribution in [2.24, 2.45) is 23.5 Å². The number of hydrogen-bond acceptors (Lipinski definition) is 1. The summed E-state index contributed by atoms with van der Waals surface area (Å²) in [6.45, 7) is 4.73. The second kappa shape index (κ2) is 5.08. The molecule has 0 heterocycles. The van der Waals surface area contributed by atoms with E-state index in [4.69, 9.17) is 5.73 Å². The highest BCUT2D eigenvalue weighted by Crippen LogP contribution is 2.41. The molecule has 0 spiro atoms. The first-order chi connectivity index (χ1) is 7.59. The largest absolute Gasteiger partial charge is 0.325 e. The van der Waals surface area contributed by atoms with Gasteiger partial charge in [-0.25, -0.2) is 0 Å². The van der Waals surface area contributed by atoms with E-state index in [9.17, 15) is 0 Å². The van der Waals surface area contributed by atoms with Crippen molar-refractivity contribution in [2.75, 3.05) is 0 Å². The van der Waals surface area contributed by atoms with Gasteiger partial charge in [0.15, 0.2) is 0 Å². The van der Waals surface area contributed by atoms with Crippen LogP contribution in [-0.4, -0.2) is 5.54 Å². The SMILES string of the molecule is CC(C)C1CCCC(N)(CC2CCCC2)C1. The molecular formula is C15H29N. The van der Waals surface area contributed by atoms with Gasteiger partial charge in [-0.2, -0.15) is 0 Å². The van der Waals surface area contributed by atoms with Crippen LogP contribution in [0.4, 0.5) is 0 Å². The quantitative estimate of drug-likeness (QED) is 0.765. The zero-order valence-electron chi connectivity index (χ0n) is 11.2. The van der Waals surface area contributed by atoms with Crippen molar-refractivity contribution < 1.29 is 0 Å². The van der Waals surface area contributed by atoms with Crippen molar-refractivity contribution in [3.8, 4) is 0 Å². The molecule has 1 nitrogen and oxygen atoms in total. The molecule has 2 saturated carbocycles. The van der Waals surface area contributed by atoms with Gasteiger partial charge in [-0.3, -0.25) is 0 Å². The van der Waals surface area contributed by atoms with E-state index in [1.54, 1.807) is 0 Å². The molecule has 94 valence electrons. The lowest BCUT2D eigenvalue weighted by molar-refractivity contribution is 0.156. The van der Waals surface area contributed by atoms with Gasteiger partial charge >= 0.3 is 0 Å². The first-order valence-electron chi connectivity index (χ1n) is 7.38. The van der Waals surface area contributed by atoms with Crippen LogP contribution in [0.3, 0.4) is 0 Å². The maximum atomic E-state index is 6.67. The number of rotatable bonds is 3. The summed E-state index contributed by atoms with van der Waals surface area (Å²) in [7, 11) is 0. The Bertz CT molecular complexity index is 213. The van der Waals surface area contributed by atoms with Crippen LogP contribution in [0.25, 0.3) is 0 Å². The summed E-state index contributed by atoms with van der Waals surface area (Å²) in [5, 5.41) is 0. The van der Waals surface area contributed by atoms with Crippen LogP contribution in [-0.2, 0) is 0 Å². The predicted octanol–water partition coefficient (Wildman–Crippen LogP) is 4.11. The molecule has 2 rings (SSSR count). The maximum Gasteiger partial charge on any atom is 0.0159 e. The zero-order valence-corrected chi connectivity index (χ0v) is 11.2. The van der Waals surface area contributed by atoms with Gasteiger partial charge in [0.25, 0.3) is 0 Å². The molecule has 0 aromatic heterocycles. The predicted molar refractivity (Wildman–Crippen MR) is 70.3 cm³/mol. The highest BCUT2D eigenvalue weighted by molar-refractivity contribution is 4.93. The summed E-state index contributed by atoms with van der Waals surface area (Å²) < 4.78 is 0. The molecule has 0 aliphatic heterocycles. The first-order valence-corrected chi connectivity index (χ1v) is 7.38. The van der Waals surface area contributed by atoms with Crippen LogP contribution in [0.2, 0.25) is 0 Å². The average molecular weight is 223 g/mol. The summed E-state index contributed by atoms with van der Waals surface area (Å²) in [4.78, 5) is 0. The van der Waals surface area contributed by atoms with E-state index in [1.165, 1.54) is 57.8 Å². The molecule has 2 aliphatic rings. The molecule has 0 aromatic carbocycles. The van der Waals surface area contributed by atoms with E-state index in [1.807, 2.05) is 0 Å². The number of nitrogens with two attached hydrogens (primary N) is 1. The molecule has 0 radical (unpaired) electrons. The van der Waals surface area contributed by atoms with Gasteiger partial charge in [0.2, 0.25) is 0 Å². The van der Waals surface area contributed by atoms with E-state index in [-0.39, 0.29) is 5.54 Å². The minimum absolute atomic E-state index is 0.197. The third kappa shape index (κ3) is 3.00. The fourth-order valence-corrected chi connectivity index (χ4v) is 3.99. The van der Waals surface area contributed by atoms with E-state index >= 15 is 0 Å². The van der Waals surface area contributed by atoms with Crippen LogP contribution in [0.15, 0.2) is 0 Å². The Morgan fingerprint density at radius 2 is 1.81 bits per heavy atom. The van der Waals surface area contributed by atoms with Crippen LogP contribution < -0.4 is 5.73 Å². The summed E-state index contributed by atoms with van der Waals surface area (Å²) in [6.07, 6.45) is 12.5. The molecule has 0 aromatic rings. The molecule has 16 heavy (non-hydrogen) atoms. The Kier molecular flexibility index (Phi) is 3.94. The second-order valence-electron chi connectivity index (χ2n) is 6.82. The monoisotopic (exact) mass is 223 g/mol. The summed E-state index contributed by atoms with van der Waals surface area (Å²) >= 11 is 0. The Balaban J connectivity index is 1.89. The maximum absolute atomic E-state index is 6.67. The molecule has 2 aliphatic carbocycles. The third-order valence-corrected chi connectivity index (χ3v) is 5.03. The molecular weight excluding hydrogens is 194 g/mol. The molecule has 2 fully saturated rings. The molecule has 1 heteroatoms. The van der Waals surface area contributed by atoms with Gasteiger partial charge in [0.05, 0.1) is 0 Å². The normalized spacial score (nSPS) is 37.1. The van der Waals surface area contributed by atoms with Gasteiger partial charge in [-0.05, 0) is 37.0 Å². The van der Waals surface area contributed by atoms with Gasteiger partial charge in [0.1, 0.15) is 0 Å². The average Bonchev–Trinajstić information content (AvgIpc) is 2.69. The molecule has 0 bridgehead atoms. The molecule has 0 saturated heterocycles. The van der Waals surface area contributed by atoms with E-state index < -0.39 is 0 Å². The third-order valence-electron chi connectivity index (χ3n) is 5.03. The topological polar surface area (TPSA) is 26.0 Å². The van der Waals surface area contributed by atoms with Crippen molar-refractivity contribution >= 4 is 0 Å². The highest BCUT2D eigenvalue weighted by atomic mass is 14.8. The molecule has 2 N–H and O–H groups in total. The lowest BCUT2D eigenvalue weighted by atomic mass is 9.69. The zero-order chi connectivity index (χ0) is 11.6. The van der Waals surface area contributed by atoms with Crippen LogP contribution in [0.1, 0.15) is 71.6 Å². The Morgan fingerprint density at radius 3 is 2.44 bits per heavy atom. The van der Waals surface area contributed by atoms with Crippen LogP contribution >= 0.6 is 0 Å². The van der Waals surface area contributed by atoms with Crippen molar-refractivity contribution in [2.45, 2.75) is 77.2 Å². The minimum atomic E-state index is 0.197. The van der Waals surface area contributed by atoms with Gasteiger partial charge in [0, 0.05) is 5.54 Å². The molecule has 0 amide bonds. The standard InChI is InChI=1S/C15H29N/c1-12(2)14-8-5-9-15(16,11-14)10-13-6-3-4-7-13/h12-14H,3-11,16H2,1-2H3. The van der Waals surface area contributed by atoms with Gasteiger partial charge < -0.3 is 5.73 Å². The Hall–Kier alpha value is -0.0400. The van der Waals surface area contributed by atoms with Crippen molar-refractivity contribution in [1.82, 2.24) is 0 Å². The first kappa shape index (κ1) is 12.4. The van der Waals surface area contributed by atoms with E-state index in [2.05, 4.69) is 13.8 Å². The lowest BCUT2D eigenvalue weighted by Crippen LogP contribution is -2.46.